The first kappa shape index (κ1) is 12.2. The molecule has 1 N–H and O–H groups in total. The van der Waals surface area contributed by atoms with Crippen molar-refractivity contribution in [1.29, 1.82) is 0 Å². The predicted octanol–water partition coefficient (Wildman–Crippen LogP) is 2.22. The number of aromatic carboxylic acids is 1. The van der Waals surface area contributed by atoms with Crippen molar-refractivity contribution in [2.75, 3.05) is 0 Å². The number of aromatic nitrogens is 2. The molecule has 94 valence electrons. The van der Waals surface area contributed by atoms with Gasteiger partial charge in [0.15, 0.2) is 0 Å². The molecular weight excluding hydrogens is 242 g/mol. The fourth-order valence-corrected chi connectivity index (χ4v) is 1.72. The van der Waals surface area contributed by atoms with Gasteiger partial charge >= 0.3 is 5.97 Å². The molecule has 0 radical (unpaired) electrons. The molecule has 0 atom stereocenters. The first-order valence-corrected chi connectivity index (χ1v) is 5.18. The van der Waals surface area contributed by atoms with E-state index < -0.39 is 17.6 Å². The van der Waals surface area contributed by atoms with Crippen LogP contribution < -0.4 is 0 Å². The third kappa shape index (κ3) is 2.37. The number of aryl methyl sites for hydroxylation is 1. The maximum absolute atomic E-state index is 13.0. The van der Waals surface area contributed by atoms with E-state index in [0.29, 0.717) is 11.4 Å². The second kappa shape index (κ2) is 4.56. The van der Waals surface area contributed by atoms with Crippen molar-refractivity contribution in [3.05, 3.63) is 53.1 Å². The minimum absolute atomic E-state index is 0.0165. The smallest absolute Gasteiger partial charge is 0.354 e. The Kier molecular flexibility index (Phi) is 3.10. The van der Waals surface area contributed by atoms with E-state index >= 15 is 0 Å². The number of halogens is 2. The molecule has 4 nitrogen and oxygen atoms in total. The second-order valence-corrected chi connectivity index (χ2v) is 3.86. The monoisotopic (exact) mass is 252 g/mol. The molecule has 1 aromatic carbocycles. The highest BCUT2D eigenvalue weighted by Crippen LogP contribution is 2.13. The van der Waals surface area contributed by atoms with Crippen LogP contribution in [0.3, 0.4) is 0 Å². The summed E-state index contributed by atoms with van der Waals surface area (Å²) >= 11 is 0. The Morgan fingerprint density at radius 3 is 2.50 bits per heavy atom. The molecule has 1 heterocycles. The van der Waals surface area contributed by atoms with Crippen LogP contribution in [0.2, 0.25) is 0 Å². The van der Waals surface area contributed by atoms with Crippen LogP contribution in [0.15, 0.2) is 24.4 Å². The van der Waals surface area contributed by atoms with Crippen LogP contribution in [0.1, 0.15) is 21.9 Å². The minimum Gasteiger partial charge on any atom is -0.477 e. The molecule has 0 fully saturated rings. The highest BCUT2D eigenvalue weighted by molar-refractivity contribution is 5.85. The number of benzene rings is 1. The van der Waals surface area contributed by atoms with Gasteiger partial charge in [-0.25, -0.2) is 18.6 Å². The summed E-state index contributed by atoms with van der Waals surface area (Å²) in [5.41, 5.74) is 0.327. The van der Waals surface area contributed by atoms with E-state index in [1.807, 2.05) is 0 Å². The summed E-state index contributed by atoms with van der Waals surface area (Å²) < 4.78 is 27.5. The number of carbonyl (C=O) groups is 1. The van der Waals surface area contributed by atoms with Crippen LogP contribution in [-0.4, -0.2) is 20.6 Å². The number of carboxylic acid groups (broad SMARTS) is 1. The van der Waals surface area contributed by atoms with Crippen molar-refractivity contribution in [2.24, 2.45) is 0 Å². The van der Waals surface area contributed by atoms with E-state index in [0.717, 1.165) is 18.2 Å². The number of nitrogens with zero attached hydrogens (tertiary/aromatic N) is 2. The third-order valence-electron chi connectivity index (χ3n) is 2.54. The number of hydrogen-bond donors (Lipinski definition) is 1. The lowest BCUT2D eigenvalue weighted by molar-refractivity contribution is 0.0685. The molecule has 6 heteroatoms. The number of rotatable bonds is 3. The molecule has 0 amide bonds. The van der Waals surface area contributed by atoms with E-state index in [1.54, 1.807) is 6.92 Å². The lowest BCUT2D eigenvalue weighted by Crippen LogP contribution is -2.11. The molecule has 0 aliphatic carbocycles. The molecule has 0 bridgehead atoms. The minimum atomic E-state index is -1.13. The summed E-state index contributed by atoms with van der Waals surface area (Å²) in [6, 6.07) is 3.09. The summed E-state index contributed by atoms with van der Waals surface area (Å²) in [6.45, 7) is 1.68. The van der Waals surface area contributed by atoms with Crippen LogP contribution in [0, 0.1) is 18.6 Å². The van der Waals surface area contributed by atoms with Gasteiger partial charge in [-0.1, -0.05) is 0 Å². The van der Waals surface area contributed by atoms with Crippen LogP contribution in [0.25, 0.3) is 0 Å². The maximum Gasteiger partial charge on any atom is 0.354 e. The summed E-state index contributed by atoms with van der Waals surface area (Å²) in [7, 11) is 0. The van der Waals surface area contributed by atoms with E-state index in [1.165, 1.54) is 10.8 Å². The lowest BCUT2D eigenvalue weighted by atomic mass is 10.2. The maximum atomic E-state index is 13.0. The van der Waals surface area contributed by atoms with Gasteiger partial charge in [-0.15, -0.1) is 0 Å². The first-order valence-electron chi connectivity index (χ1n) is 5.18. The zero-order chi connectivity index (χ0) is 13.3. The van der Waals surface area contributed by atoms with Gasteiger partial charge < -0.3 is 9.67 Å². The number of hydrogen-bond acceptors (Lipinski definition) is 2. The predicted molar refractivity (Wildman–Crippen MR) is 59.4 cm³/mol. The molecule has 0 aliphatic heterocycles. The van der Waals surface area contributed by atoms with Gasteiger partial charge in [0.05, 0.1) is 6.20 Å². The summed E-state index contributed by atoms with van der Waals surface area (Å²) in [5.74, 6) is -2.05. The van der Waals surface area contributed by atoms with Crippen molar-refractivity contribution in [1.82, 2.24) is 9.55 Å². The molecule has 0 aliphatic rings. The summed E-state index contributed by atoms with van der Waals surface area (Å²) in [5, 5.41) is 8.96. The second-order valence-electron chi connectivity index (χ2n) is 3.86. The van der Waals surface area contributed by atoms with Crippen LogP contribution in [0.5, 0.6) is 0 Å². The first-order chi connectivity index (χ1) is 8.47. The normalized spacial score (nSPS) is 10.6. The van der Waals surface area contributed by atoms with Crippen LogP contribution >= 0.6 is 0 Å². The molecular formula is C12H10F2N2O2. The molecule has 2 aromatic rings. The molecule has 0 spiro atoms. The zero-order valence-electron chi connectivity index (χ0n) is 9.52. The average molecular weight is 252 g/mol. The highest BCUT2D eigenvalue weighted by atomic mass is 19.1. The van der Waals surface area contributed by atoms with Crippen molar-refractivity contribution >= 4 is 5.97 Å². The van der Waals surface area contributed by atoms with Crippen LogP contribution in [-0.2, 0) is 6.54 Å². The molecule has 2 rings (SSSR count). The SMILES string of the molecule is Cc1ncc(C(=O)O)n1Cc1cc(F)cc(F)c1. The molecule has 0 saturated heterocycles. The van der Waals surface area contributed by atoms with Crippen molar-refractivity contribution in [2.45, 2.75) is 13.5 Å². The van der Waals surface area contributed by atoms with Gasteiger partial charge in [0.2, 0.25) is 0 Å². The average Bonchev–Trinajstić information content (AvgIpc) is 2.59. The summed E-state index contributed by atoms with van der Waals surface area (Å²) in [6.07, 6.45) is 1.22. The fraction of sp³-hybridized carbons (Fsp3) is 0.167. The van der Waals surface area contributed by atoms with E-state index in [4.69, 9.17) is 5.11 Å². The van der Waals surface area contributed by atoms with Gasteiger partial charge in [0.1, 0.15) is 23.2 Å². The Labute approximate surface area is 102 Å². The Bertz CT molecular complexity index is 588. The Morgan fingerprint density at radius 1 is 1.33 bits per heavy atom. The van der Waals surface area contributed by atoms with E-state index in [2.05, 4.69) is 4.98 Å². The Morgan fingerprint density at radius 2 is 1.94 bits per heavy atom. The molecule has 0 saturated carbocycles. The van der Waals surface area contributed by atoms with E-state index in [9.17, 15) is 13.6 Å². The van der Waals surface area contributed by atoms with Gasteiger partial charge in [-0.05, 0) is 24.6 Å². The van der Waals surface area contributed by atoms with Crippen molar-refractivity contribution < 1.29 is 18.7 Å². The van der Waals surface area contributed by atoms with Crippen LogP contribution in [0.4, 0.5) is 8.78 Å². The molecule has 18 heavy (non-hydrogen) atoms. The Hall–Kier alpha value is -2.24. The van der Waals surface area contributed by atoms with E-state index in [-0.39, 0.29) is 12.2 Å². The van der Waals surface area contributed by atoms with Gasteiger partial charge in [0, 0.05) is 12.6 Å². The topological polar surface area (TPSA) is 55.1 Å². The number of imidazole rings is 1. The van der Waals surface area contributed by atoms with Gasteiger partial charge in [-0.3, -0.25) is 0 Å². The molecule has 1 aromatic heterocycles. The number of carboxylic acids is 1. The Balaban J connectivity index is 2.39. The van der Waals surface area contributed by atoms with Gasteiger partial charge in [-0.2, -0.15) is 0 Å². The largest absolute Gasteiger partial charge is 0.477 e. The van der Waals surface area contributed by atoms with Crippen molar-refractivity contribution in [3.63, 3.8) is 0 Å². The van der Waals surface area contributed by atoms with Gasteiger partial charge in [0.25, 0.3) is 0 Å². The summed E-state index contributed by atoms with van der Waals surface area (Å²) in [4.78, 5) is 14.8. The van der Waals surface area contributed by atoms with Crippen molar-refractivity contribution in [3.8, 4) is 0 Å². The third-order valence-corrected chi connectivity index (χ3v) is 2.54. The standard InChI is InChI=1S/C12H10F2N2O2/c1-7-15-5-11(12(17)18)16(7)6-8-2-9(13)4-10(14)3-8/h2-5H,6H2,1H3,(H,17,18). The fourth-order valence-electron chi connectivity index (χ4n) is 1.72. The lowest BCUT2D eigenvalue weighted by Gasteiger charge is -2.08. The quantitative estimate of drug-likeness (QED) is 0.911. The zero-order valence-corrected chi connectivity index (χ0v) is 9.52. The highest BCUT2D eigenvalue weighted by Gasteiger charge is 2.14. The molecule has 0 unspecified atom stereocenters.